The van der Waals surface area contributed by atoms with Gasteiger partial charge in [-0.3, -0.25) is 4.90 Å². The largest absolute Gasteiger partial charge is 0.479 e. The van der Waals surface area contributed by atoms with E-state index in [4.69, 9.17) is 9.84 Å². The van der Waals surface area contributed by atoms with Gasteiger partial charge in [-0.25, -0.2) is 9.59 Å². The molecule has 1 fully saturated rings. The van der Waals surface area contributed by atoms with Crippen LogP contribution in [0.4, 0.5) is 10.5 Å². The SMILES string of the molecule is COC(Cc1ccc(N2CCCNC2=O)cc1)C(=O)O. The van der Waals surface area contributed by atoms with Gasteiger partial charge in [-0.1, -0.05) is 12.1 Å². The molecule has 1 aromatic rings. The van der Waals surface area contributed by atoms with Crippen molar-refractivity contribution in [3.05, 3.63) is 29.8 Å². The zero-order valence-corrected chi connectivity index (χ0v) is 11.3. The number of carboxylic acid groups (broad SMARTS) is 1. The molecular formula is C14H18N2O4. The van der Waals surface area contributed by atoms with Crippen molar-refractivity contribution < 1.29 is 19.4 Å². The summed E-state index contributed by atoms with van der Waals surface area (Å²) in [6.45, 7) is 1.41. The second-order valence-electron chi connectivity index (χ2n) is 4.67. The normalized spacial score (nSPS) is 16.6. The number of nitrogens with zero attached hydrogens (tertiary/aromatic N) is 1. The quantitative estimate of drug-likeness (QED) is 0.849. The minimum absolute atomic E-state index is 0.0932. The molecule has 2 N–H and O–H groups in total. The van der Waals surface area contributed by atoms with E-state index in [9.17, 15) is 9.59 Å². The Labute approximate surface area is 117 Å². The lowest BCUT2D eigenvalue weighted by Gasteiger charge is -2.27. The smallest absolute Gasteiger partial charge is 0.333 e. The summed E-state index contributed by atoms with van der Waals surface area (Å²) >= 11 is 0. The monoisotopic (exact) mass is 278 g/mol. The number of carboxylic acids is 1. The molecule has 1 heterocycles. The number of hydrogen-bond acceptors (Lipinski definition) is 3. The Morgan fingerprint density at radius 1 is 1.45 bits per heavy atom. The fourth-order valence-corrected chi connectivity index (χ4v) is 2.17. The van der Waals surface area contributed by atoms with Crippen molar-refractivity contribution in [1.29, 1.82) is 0 Å². The molecule has 0 saturated carbocycles. The van der Waals surface area contributed by atoms with Gasteiger partial charge in [0, 0.05) is 32.3 Å². The van der Waals surface area contributed by atoms with Crippen molar-refractivity contribution in [2.75, 3.05) is 25.1 Å². The predicted molar refractivity (Wildman–Crippen MR) is 73.9 cm³/mol. The van der Waals surface area contributed by atoms with E-state index in [1.165, 1.54) is 7.11 Å². The summed E-state index contributed by atoms with van der Waals surface area (Å²) in [6, 6.07) is 7.21. The van der Waals surface area contributed by atoms with E-state index in [-0.39, 0.29) is 6.03 Å². The molecule has 0 radical (unpaired) electrons. The molecule has 108 valence electrons. The number of nitrogens with one attached hydrogen (secondary N) is 1. The molecule has 1 unspecified atom stereocenters. The number of amides is 2. The van der Waals surface area contributed by atoms with Gasteiger partial charge >= 0.3 is 12.0 Å². The summed E-state index contributed by atoms with van der Waals surface area (Å²) in [6.07, 6.45) is 0.371. The number of ether oxygens (including phenoxy) is 1. The molecule has 2 rings (SSSR count). The first-order chi connectivity index (χ1) is 9.61. The number of anilines is 1. The highest BCUT2D eigenvalue weighted by molar-refractivity contribution is 5.92. The summed E-state index contributed by atoms with van der Waals surface area (Å²) in [5, 5.41) is 11.7. The van der Waals surface area contributed by atoms with Gasteiger partial charge in [0.25, 0.3) is 0 Å². The fourth-order valence-electron chi connectivity index (χ4n) is 2.17. The Kier molecular flexibility index (Phi) is 4.57. The van der Waals surface area contributed by atoms with E-state index < -0.39 is 12.1 Å². The van der Waals surface area contributed by atoms with Crippen molar-refractivity contribution in [2.24, 2.45) is 0 Å². The van der Waals surface area contributed by atoms with Crippen molar-refractivity contribution in [2.45, 2.75) is 18.9 Å². The minimum Gasteiger partial charge on any atom is -0.479 e. The Balaban J connectivity index is 2.06. The molecule has 1 aliphatic rings. The van der Waals surface area contributed by atoms with E-state index in [2.05, 4.69) is 5.32 Å². The highest BCUT2D eigenvalue weighted by atomic mass is 16.5. The number of urea groups is 1. The summed E-state index contributed by atoms with van der Waals surface area (Å²) in [5.74, 6) is -0.980. The third-order valence-corrected chi connectivity index (χ3v) is 3.31. The van der Waals surface area contributed by atoms with Gasteiger partial charge in [0.2, 0.25) is 0 Å². The van der Waals surface area contributed by atoms with Crippen LogP contribution in [0.25, 0.3) is 0 Å². The van der Waals surface area contributed by atoms with Crippen LogP contribution in [0.15, 0.2) is 24.3 Å². The molecule has 0 aromatic heterocycles. The number of hydrogen-bond donors (Lipinski definition) is 2. The lowest BCUT2D eigenvalue weighted by Crippen LogP contribution is -2.46. The van der Waals surface area contributed by atoms with Gasteiger partial charge in [0.05, 0.1) is 0 Å². The molecule has 20 heavy (non-hydrogen) atoms. The summed E-state index contributed by atoms with van der Waals surface area (Å²) in [5.41, 5.74) is 1.68. The highest BCUT2D eigenvalue weighted by Gasteiger charge is 2.20. The van der Waals surface area contributed by atoms with Crippen LogP contribution in [0.2, 0.25) is 0 Å². The molecule has 0 aliphatic carbocycles. The molecule has 2 amide bonds. The maximum atomic E-state index is 11.7. The Morgan fingerprint density at radius 2 is 2.15 bits per heavy atom. The number of rotatable bonds is 5. The first-order valence-corrected chi connectivity index (χ1v) is 6.51. The lowest BCUT2D eigenvalue weighted by molar-refractivity contribution is -0.148. The molecule has 1 saturated heterocycles. The molecule has 1 aromatic carbocycles. The van der Waals surface area contributed by atoms with E-state index in [1.54, 1.807) is 4.90 Å². The topological polar surface area (TPSA) is 78.9 Å². The van der Waals surface area contributed by atoms with Crippen LogP contribution < -0.4 is 10.2 Å². The van der Waals surface area contributed by atoms with Crippen LogP contribution in [0.5, 0.6) is 0 Å². The number of benzene rings is 1. The molecule has 6 heteroatoms. The average molecular weight is 278 g/mol. The molecule has 1 atom stereocenters. The third-order valence-electron chi connectivity index (χ3n) is 3.31. The average Bonchev–Trinajstić information content (AvgIpc) is 2.46. The first-order valence-electron chi connectivity index (χ1n) is 6.51. The van der Waals surface area contributed by atoms with Gasteiger partial charge in [-0.05, 0) is 24.1 Å². The lowest BCUT2D eigenvalue weighted by atomic mass is 10.1. The Morgan fingerprint density at radius 3 is 2.70 bits per heavy atom. The third kappa shape index (κ3) is 3.27. The molecular weight excluding hydrogens is 260 g/mol. The number of methoxy groups -OCH3 is 1. The zero-order chi connectivity index (χ0) is 14.5. The number of carbonyl (C=O) groups is 2. The molecule has 0 spiro atoms. The highest BCUT2D eigenvalue weighted by Crippen LogP contribution is 2.18. The zero-order valence-electron chi connectivity index (χ0n) is 11.3. The Bertz CT molecular complexity index is 486. The second kappa shape index (κ2) is 6.38. The van der Waals surface area contributed by atoms with E-state index >= 15 is 0 Å². The van der Waals surface area contributed by atoms with Crippen molar-refractivity contribution in [3.63, 3.8) is 0 Å². The van der Waals surface area contributed by atoms with Gasteiger partial charge in [0.15, 0.2) is 6.10 Å². The van der Waals surface area contributed by atoms with Gasteiger partial charge in [-0.2, -0.15) is 0 Å². The standard InChI is InChI=1S/C14H18N2O4/c1-20-12(13(17)18)9-10-3-5-11(6-4-10)16-8-2-7-15-14(16)19/h3-6,12H,2,7-9H2,1H3,(H,15,19)(H,17,18). The van der Waals surface area contributed by atoms with Crippen LogP contribution in [-0.4, -0.2) is 43.4 Å². The number of carbonyl (C=O) groups excluding carboxylic acids is 1. The van der Waals surface area contributed by atoms with Crippen LogP contribution in [0, 0.1) is 0 Å². The molecule has 1 aliphatic heterocycles. The molecule has 0 bridgehead atoms. The van der Waals surface area contributed by atoms with Crippen LogP contribution in [0.1, 0.15) is 12.0 Å². The summed E-state index contributed by atoms with van der Waals surface area (Å²) in [4.78, 5) is 24.3. The number of aliphatic carboxylic acids is 1. The second-order valence-corrected chi connectivity index (χ2v) is 4.67. The first kappa shape index (κ1) is 14.3. The van der Waals surface area contributed by atoms with E-state index in [1.807, 2.05) is 24.3 Å². The van der Waals surface area contributed by atoms with Crippen molar-refractivity contribution in [1.82, 2.24) is 5.32 Å². The van der Waals surface area contributed by atoms with Gasteiger partial charge < -0.3 is 15.2 Å². The maximum absolute atomic E-state index is 11.7. The minimum atomic E-state index is -0.980. The van der Waals surface area contributed by atoms with Crippen LogP contribution >= 0.6 is 0 Å². The van der Waals surface area contributed by atoms with Gasteiger partial charge in [0.1, 0.15) is 0 Å². The van der Waals surface area contributed by atoms with Crippen molar-refractivity contribution in [3.8, 4) is 0 Å². The van der Waals surface area contributed by atoms with Crippen LogP contribution in [0.3, 0.4) is 0 Å². The summed E-state index contributed by atoms with van der Waals surface area (Å²) in [7, 11) is 1.38. The molecule has 6 nitrogen and oxygen atoms in total. The van der Waals surface area contributed by atoms with E-state index in [0.717, 1.165) is 17.7 Å². The summed E-state index contributed by atoms with van der Waals surface area (Å²) < 4.78 is 4.91. The van der Waals surface area contributed by atoms with Crippen LogP contribution in [-0.2, 0) is 16.0 Å². The Hall–Kier alpha value is -2.08. The van der Waals surface area contributed by atoms with Crippen molar-refractivity contribution >= 4 is 17.7 Å². The van der Waals surface area contributed by atoms with Gasteiger partial charge in [-0.15, -0.1) is 0 Å². The fraction of sp³-hybridized carbons (Fsp3) is 0.429. The van der Waals surface area contributed by atoms with E-state index in [0.29, 0.717) is 19.5 Å². The maximum Gasteiger partial charge on any atom is 0.333 e. The predicted octanol–water partition coefficient (Wildman–Crippen LogP) is 1.25.